The molecular weight excluding hydrogens is 210 g/mol. The van der Waals surface area contributed by atoms with Gasteiger partial charge in [0.05, 0.1) is 0 Å². The molecule has 0 fully saturated rings. The molecule has 0 spiro atoms. The molecule has 0 unspecified atom stereocenters. The number of benzene rings is 1. The van der Waals surface area contributed by atoms with Gasteiger partial charge in [-0.3, -0.25) is 4.79 Å². The number of fused-ring (bicyclic) bond motifs is 1. The molecule has 0 saturated heterocycles. The monoisotopic (exact) mass is 229 g/mol. The van der Waals surface area contributed by atoms with Crippen LogP contribution in [0.1, 0.15) is 29.5 Å². The number of carbonyl (C=O) groups is 1. The van der Waals surface area contributed by atoms with E-state index in [0.717, 1.165) is 12.8 Å². The Labute approximate surface area is 103 Å². The van der Waals surface area contributed by atoms with Crippen LogP contribution in [0.15, 0.2) is 23.8 Å². The van der Waals surface area contributed by atoms with Crippen LogP contribution in [0.5, 0.6) is 0 Å². The maximum Gasteiger partial charge on any atom is 0.226 e. The highest BCUT2D eigenvalue weighted by Gasteiger charge is 2.14. The second-order valence-electron chi connectivity index (χ2n) is 4.97. The van der Waals surface area contributed by atoms with Crippen LogP contribution in [-0.4, -0.2) is 24.9 Å². The molecule has 0 bridgehead atoms. The minimum absolute atomic E-state index is 0.187. The van der Waals surface area contributed by atoms with Gasteiger partial charge in [0.25, 0.3) is 0 Å². The second-order valence-corrected chi connectivity index (χ2v) is 4.97. The highest BCUT2D eigenvalue weighted by molar-refractivity contribution is 5.80. The predicted molar refractivity (Wildman–Crippen MR) is 70.8 cm³/mol. The van der Waals surface area contributed by atoms with Crippen molar-refractivity contribution in [3.8, 4) is 0 Å². The number of hydrogen-bond donors (Lipinski definition) is 0. The van der Waals surface area contributed by atoms with E-state index in [1.807, 2.05) is 14.1 Å². The third-order valence-corrected chi connectivity index (χ3v) is 3.25. The lowest BCUT2D eigenvalue weighted by molar-refractivity contribution is -0.127. The fourth-order valence-corrected chi connectivity index (χ4v) is 2.17. The minimum atomic E-state index is 0.187. The van der Waals surface area contributed by atoms with Crippen molar-refractivity contribution in [2.45, 2.75) is 26.2 Å². The van der Waals surface area contributed by atoms with Gasteiger partial charge in [0, 0.05) is 20.5 Å². The molecule has 0 heterocycles. The topological polar surface area (TPSA) is 20.3 Å². The van der Waals surface area contributed by atoms with E-state index < -0.39 is 0 Å². The van der Waals surface area contributed by atoms with Gasteiger partial charge >= 0.3 is 0 Å². The summed E-state index contributed by atoms with van der Waals surface area (Å²) in [5, 5.41) is 0. The quantitative estimate of drug-likeness (QED) is 0.763. The predicted octanol–water partition coefficient (Wildman–Crippen LogP) is 2.80. The number of amides is 1. The standard InChI is InChI=1S/C15H19NO/c1-11-4-6-14-9-12(5-7-13(14)8-11)10-15(17)16(2)3/h4,6,8-9H,5,7,10H2,1-3H3. The van der Waals surface area contributed by atoms with E-state index in [1.165, 1.54) is 22.3 Å². The number of carbonyl (C=O) groups excluding carboxylic acids is 1. The van der Waals surface area contributed by atoms with Gasteiger partial charge in [0.15, 0.2) is 0 Å². The summed E-state index contributed by atoms with van der Waals surface area (Å²) in [5.41, 5.74) is 5.25. The Morgan fingerprint density at radius 3 is 2.76 bits per heavy atom. The van der Waals surface area contributed by atoms with Crippen molar-refractivity contribution < 1.29 is 4.79 Å². The summed E-state index contributed by atoms with van der Waals surface area (Å²) < 4.78 is 0. The average molecular weight is 229 g/mol. The average Bonchev–Trinajstić information content (AvgIpc) is 2.29. The molecule has 1 amide bonds. The molecule has 0 aromatic heterocycles. The molecule has 1 aromatic rings. The number of aryl methyl sites for hydroxylation is 2. The maximum atomic E-state index is 11.7. The summed E-state index contributed by atoms with van der Waals surface area (Å²) in [6, 6.07) is 6.53. The molecule has 1 aromatic carbocycles. The van der Waals surface area contributed by atoms with Crippen LogP contribution in [-0.2, 0) is 11.2 Å². The van der Waals surface area contributed by atoms with E-state index >= 15 is 0 Å². The Bertz CT molecular complexity index is 472. The number of nitrogens with zero attached hydrogens (tertiary/aromatic N) is 1. The Kier molecular flexibility index (Phi) is 3.32. The van der Waals surface area contributed by atoms with Crippen molar-refractivity contribution >= 4 is 12.0 Å². The van der Waals surface area contributed by atoms with Crippen LogP contribution >= 0.6 is 0 Å². The third-order valence-electron chi connectivity index (χ3n) is 3.25. The SMILES string of the molecule is Cc1ccc2c(c1)CCC(CC(=O)N(C)C)=C2. The van der Waals surface area contributed by atoms with Crippen LogP contribution in [0.2, 0.25) is 0 Å². The fourth-order valence-electron chi connectivity index (χ4n) is 2.17. The van der Waals surface area contributed by atoms with E-state index in [1.54, 1.807) is 4.90 Å². The minimum Gasteiger partial charge on any atom is -0.349 e. The van der Waals surface area contributed by atoms with E-state index in [4.69, 9.17) is 0 Å². The zero-order chi connectivity index (χ0) is 12.4. The van der Waals surface area contributed by atoms with Crippen LogP contribution in [0.25, 0.3) is 6.08 Å². The lowest BCUT2D eigenvalue weighted by Gasteiger charge is -2.18. The van der Waals surface area contributed by atoms with E-state index in [2.05, 4.69) is 31.2 Å². The summed E-state index contributed by atoms with van der Waals surface area (Å²) in [4.78, 5) is 13.3. The Hall–Kier alpha value is -1.57. The lowest BCUT2D eigenvalue weighted by Crippen LogP contribution is -2.22. The molecule has 2 rings (SSSR count). The first-order valence-corrected chi connectivity index (χ1v) is 6.05. The third kappa shape index (κ3) is 2.76. The molecule has 1 aliphatic rings. The van der Waals surface area contributed by atoms with Gasteiger partial charge < -0.3 is 4.90 Å². The van der Waals surface area contributed by atoms with Gasteiger partial charge in [0.2, 0.25) is 5.91 Å². The molecule has 17 heavy (non-hydrogen) atoms. The fraction of sp³-hybridized carbons (Fsp3) is 0.400. The summed E-state index contributed by atoms with van der Waals surface area (Å²) >= 11 is 0. The molecule has 1 aliphatic carbocycles. The first kappa shape index (κ1) is 11.9. The first-order chi connectivity index (χ1) is 8.06. The van der Waals surface area contributed by atoms with E-state index in [-0.39, 0.29) is 5.91 Å². The van der Waals surface area contributed by atoms with Crippen molar-refractivity contribution in [2.75, 3.05) is 14.1 Å². The lowest BCUT2D eigenvalue weighted by atomic mass is 9.89. The van der Waals surface area contributed by atoms with Crippen LogP contribution < -0.4 is 0 Å². The van der Waals surface area contributed by atoms with E-state index in [0.29, 0.717) is 6.42 Å². The maximum absolute atomic E-state index is 11.7. The molecule has 0 radical (unpaired) electrons. The molecule has 0 saturated carbocycles. The zero-order valence-corrected chi connectivity index (χ0v) is 10.8. The molecule has 0 N–H and O–H groups in total. The molecule has 90 valence electrons. The highest BCUT2D eigenvalue weighted by Crippen LogP contribution is 2.26. The van der Waals surface area contributed by atoms with Crippen molar-refractivity contribution in [2.24, 2.45) is 0 Å². The number of rotatable bonds is 2. The van der Waals surface area contributed by atoms with Crippen LogP contribution in [0, 0.1) is 6.92 Å². The Morgan fingerprint density at radius 1 is 1.29 bits per heavy atom. The molecular formula is C15H19NO. The highest BCUT2D eigenvalue weighted by atomic mass is 16.2. The molecule has 2 heteroatoms. The van der Waals surface area contributed by atoms with Crippen LogP contribution in [0.3, 0.4) is 0 Å². The smallest absolute Gasteiger partial charge is 0.226 e. The van der Waals surface area contributed by atoms with E-state index in [9.17, 15) is 4.79 Å². The van der Waals surface area contributed by atoms with Gasteiger partial charge in [-0.15, -0.1) is 0 Å². The molecule has 0 atom stereocenters. The van der Waals surface area contributed by atoms with Crippen molar-refractivity contribution in [3.05, 3.63) is 40.5 Å². The molecule has 0 aliphatic heterocycles. The van der Waals surface area contributed by atoms with Crippen molar-refractivity contribution in [3.63, 3.8) is 0 Å². The Morgan fingerprint density at radius 2 is 2.06 bits per heavy atom. The van der Waals surface area contributed by atoms with Gasteiger partial charge in [-0.1, -0.05) is 35.4 Å². The van der Waals surface area contributed by atoms with Crippen molar-refractivity contribution in [1.82, 2.24) is 4.90 Å². The van der Waals surface area contributed by atoms with Gasteiger partial charge in [-0.25, -0.2) is 0 Å². The largest absolute Gasteiger partial charge is 0.349 e. The summed E-state index contributed by atoms with van der Waals surface area (Å²) in [6.45, 7) is 2.12. The summed E-state index contributed by atoms with van der Waals surface area (Å²) in [5.74, 6) is 0.187. The van der Waals surface area contributed by atoms with Crippen molar-refractivity contribution in [1.29, 1.82) is 0 Å². The zero-order valence-electron chi connectivity index (χ0n) is 10.8. The van der Waals surface area contributed by atoms with Gasteiger partial charge in [0.1, 0.15) is 0 Å². The summed E-state index contributed by atoms with van der Waals surface area (Å²) in [7, 11) is 3.62. The Balaban J connectivity index is 2.18. The second kappa shape index (κ2) is 4.74. The normalized spacial score (nSPS) is 13.9. The first-order valence-electron chi connectivity index (χ1n) is 6.05. The van der Waals surface area contributed by atoms with Gasteiger partial charge in [-0.2, -0.15) is 0 Å². The van der Waals surface area contributed by atoms with Gasteiger partial charge in [-0.05, 0) is 30.9 Å². The summed E-state index contributed by atoms with van der Waals surface area (Å²) in [6.07, 6.45) is 4.81. The molecule has 2 nitrogen and oxygen atoms in total. The van der Waals surface area contributed by atoms with Crippen LogP contribution in [0.4, 0.5) is 0 Å². The number of hydrogen-bond acceptors (Lipinski definition) is 1.